The number of benzene rings is 2. The van der Waals surface area contributed by atoms with Crippen molar-refractivity contribution < 1.29 is 9.32 Å². The van der Waals surface area contributed by atoms with Crippen LogP contribution in [0.2, 0.25) is 0 Å². The summed E-state index contributed by atoms with van der Waals surface area (Å²) in [6.45, 7) is 0. The van der Waals surface area contributed by atoms with E-state index in [1.165, 1.54) is 0 Å². The number of hydrogen-bond donors (Lipinski definition) is 1. The number of nitrogens with zero attached hydrogens (tertiary/aromatic N) is 1. The molecule has 0 saturated heterocycles. The second-order valence-electron chi connectivity index (χ2n) is 3.97. The molecule has 4 nitrogen and oxygen atoms in total. The van der Waals surface area contributed by atoms with Crippen LogP contribution < -0.4 is 5.73 Å². The van der Waals surface area contributed by atoms with Gasteiger partial charge in [0.1, 0.15) is 5.69 Å². The Morgan fingerprint density at radius 2 is 1.94 bits per heavy atom. The number of fused-ring (bicyclic) bond motifs is 1. The van der Waals surface area contributed by atoms with Crippen molar-refractivity contribution in [2.75, 3.05) is 0 Å². The molecule has 1 heterocycles. The van der Waals surface area contributed by atoms with Gasteiger partial charge in [-0.15, -0.1) is 0 Å². The van der Waals surface area contributed by atoms with Gasteiger partial charge in [0, 0.05) is 16.5 Å². The first-order valence-electron chi connectivity index (χ1n) is 5.50. The van der Waals surface area contributed by atoms with Crippen LogP contribution in [0.4, 0.5) is 0 Å². The van der Waals surface area contributed by atoms with Crippen molar-refractivity contribution in [3.8, 4) is 11.3 Å². The van der Waals surface area contributed by atoms with E-state index in [4.69, 9.17) is 10.3 Å². The van der Waals surface area contributed by atoms with Gasteiger partial charge < -0.3 is 10.3 Å². The minimum absolute atomic E-state index is 0.454. The maximum absolute atomic E-state index is 11.2. The molecule has 18 heavy (non-hydrogen) atoms. The lowest BCUT2D eigenvalue weighted by molar-refractivity contribution is 0.100. The number of aromatic nitrogens is 1. The summed E-state index contributed by atoms with van der Waals surface area (Å²) in [5.74, 6) is -0.454. The highest BCUT2D eigenvalue weighted by Gasteiger charge is 2.11. The molecule has 2 aromatic carbocycles. The minimum Gasteiger partial charge on any atom is -0.366 e. The molecule has 88 valence electrons. The van der Waals surface area contributed by atoms with Crippen molar-refractivity contribution in [3.05, 3.63) is 54.1 Å². The number of hydrogen-bond acceptors (Lipinski definition) is 3. The maximum Gasteiger partial charge on any atom is 0.248 e. The van der Waals surface area contributed by atoms with Crippen LogP contribution in [0.3, 0.4) is 0 Å². The summed E-state index contributed by atoms with van der Waals surface area (Å²) < 4.78 is 5.24. The molecule has 0 bridgehead atoms. The number of rotatable bonds is 2. The zero-order chi connectivity index (χ0) is 12.5. The van der Waals surface area contributed by atoms with Crippen LogP contribution in [0.15, 0.2) is 53.1 Å². The van der Waals surface area contributed by atoms with Crippen molar-refractivity contribution >= 4 is 16.9 Å². The Hall–Kier alpha value is -2.62. The Labute approximate surface area is 103 Å². The molecule has 3 aromatic rings. The van der Waals surface area contributed by atoms with E-state index < -0.39 is 5.91 Å². The number of carbonyl (C=O) groups excluding carboxylic acids is 1. The summed E-state index contributed by atoms with van der Waals surface area (Å²) in [5, 5.41) is 4.95. The quantitative estimate of drug-likeness (QED) is 0.746. The lowest BCUT2D eigenvalue weighted by Gasteiger charge is -1.99. The van der Waals surface area contributed by atoms with Crippen LogP contribution in [-0.4, -0.2) is 11.1 Å². The van der Waals surface area contributed by atoms with Gasteiger partial charge >= 0.3 is 0 Å². The van der Waals surface area contributed by atoms with E-state index in [0.29, 0.717) is 11.3 Å². The molecule has 0 unspecified atom stereocenters. The van der Waals surface area contributed by atoms with Gasteiger partial charge in [0.15, 0.2) is 5.58 Å². The van der Waals surface area contributed by atoms with Crippen molar-refractivity contribution in [2.45, 2.75) is 0 Å². The van der Waals surface area contributed by atoms with Gasteiger partial charge in [-0.1, -0.05) is 29.4 Å². The first kappa shape index (κ1) is 10.5. The first-order valence-corrected chi connectivity index (χ1v) is 5.50. The van der Waals surface area contributed by atoms with Crippen LogP contribution in [0, 0.1) is 0 Å². The highest BCUT2D eigenvalue weighted by Crippen LogP contribution is 2.27. The number of primary amides is 1. The Morgan fingerprint density at radius 3 is 2.78 bits per heavy atom. The summed E-state index contributed by atoms with van der Waals surface area (Å²) in [4.78, 5) is 11.2. The highest BCUT2D eigenvalue weighted by atomic mass is 16.5. The largest absolute Gasteiger partial charge is 0.366 e. The molecule has 0 fully saturated rings. The van der Waals surface area contributed by atoms with Crippen molar-refractivity contribution in [1.29, 1.82) is 0 Å². The Bertz CT molecular complexity index is 731. The summed E-state index contributed by atoms with van der Waals surface area (Å²) in [7, 11) is 0. The second-order valence-corrected chi connectivity index (χ2v) is 3.97. The summed E-state index contributed by atoms with van der Waals surface area (Å²) in [5.41, 5.74) is 7.98. The smallest absolute Gasteiger partial charge is 0.248 e. The number of amides is 1. The summed E-state index contributed by atoms with van der Waals surface area (Å²) in [6, 6.07) is 14.6. The number of nitrogens with two attached hydrogens (primary N) is 1. The van der Waals surface area contributed by atoms with Crippen molar-refractivity contribution in [1.82, 2.24) is 5.16 Å². The molecule has 0 aliphatic carbocycles. The lowest BCUT2D eigenvalue weighted by atomic mass is 10.0. The Morgan fingerprint density at radius 1 is 1.11 bits per heavy atom. The average molecular weight is 238 g/mol. The molecule has 0 aliphatic rings. The fourth-order valence-corrected chi connectivity index (χ4v) is 1.91. The molecule has 0 radical (unpaired) electrons. The third-order valence-electron chi connectivity index (χ3n) is 2.80. The van der Waals surface area contributed by atoms with Crippen LogP contribution in [0.5, 0.6) is 0 Å². The van der Waals surface area contributed by atoms with Gasteiger partial charge in [-0.25, -0.2) is 0 Å². The fraction of sp³-hybridized carbons (Fsp3) is 0. The van der Waals surface area contributed by atoms with Crippen LogP contribution in [-0.2, 0) is 0 Å². The third kappa shape index (κ3) is 1.64. The van der Waals surface area contributed by atoms with Crippen LogP contribution in [0.25, 0.3) is 22.2 Å². The number of para-hydroxylation sites is 1. The van der Waals surface area contributed by atoms with Crippen LogP contribution >= 0.6 is 0 Å². The first-order chi connectivity index (χ1) is 8.75. The highest BCUT2D eigenvalue weighted by molar-refractivity contribution is 5.96. The average Bonchev–Trinajstić information content (AvgIpc) is 2.82. The van der Waals surface area contributed by atoms with E-state index in [1.807, 2.05) is 30.3 Å². The van der Waals surface area contributed by atoms with Crippen molar-refractivity contribution in [2.24, 2.45) is 5.73 Å². The summed E-state index contributed by atoms with van der Waals surface area (Å²) in [6.07, 6.45) is 0. The zero-order valence-electron chi connectivity index (χ0n) is 9.46. The van der Waals surface area contributed by atoms with Gasteiger partial charge in [0.2, 0.25) is 5.91 Å². The molecule has 1 aromatic heterocycles. The van der Waals surface area contributed by atoms with E-state index in [9.17, 15) is 4.79 Å². The zero-order valence-corrected chi connectivity index (χ0v) is 9.46. The van der Waals surface area contributed by atoms with E-state index in [1.54, 1.807) is 18.2 Å². The van der Waals surface area contributed by atoms with Gasteiger partial charge in [-0.2, -0.15) is 0 Å². The SMILES string of the molecule is NC(=O)c1cccc(-c2noc3ccccc23)c1. The Kier molecular flexibility index (Phi) is 2.34. The molecule has 1 amide bonds. The standard InChI is InChI=1S/C14H10N2O2/c15-14(17)10-5-3-4-9(8-10)13-11-6-1-2-7-12(11)18-16-13/h1-8H,(H2,15,17). The maximum atomic E-state index is 11.2. The van der Waals surface area contributed by atoms with Crippen molar-refractivity contribution in [3.63, 3.8) is 0 Å². The van der Waals surface area contributed by atoms with E-state index in [-0.39, 0.29) is 0 Å². The van der Waals surface area contributed by atoms with E-state index in [2.05, 4.69) is 5.16 Å². The molecular weight excluding hydrogens is 228 g/mol. The van der Waals surface area contributed by atoms with E-state index >= 15 is 0 Å². The second kappa shape index (κ2) is 4.00. The minimum atomic E-state index is -0.454. The lowest BCUT2D eigenvalue weighted by Crippen LogP contribution is -2.10. The molecule has 0 aliphatic heterocycles. The van der Waals surface area contributed by atoms with Gasteiger partial charge in [0.25, 0.3) is 0 Å². The number of carbonyl (C=O) groups is 1. The summed E-state index contributed by atoms with van der Waals surface area (Å²) >= 11 is 0. The molecule has 3 rings (SSSR count). The van der Waals surface area contributed by atoms with Gasteiger partial charge in [-0.05, 0) is 24.3 Å². The molecule has 0 atom stereocenters. The van der Waals surface area contributed by atoms with E-state index in [0.717, 1.165) is 16.5 Å². The molecule has 2 N–H and O–H groups in total. The normalized spacial score (nSPS) is 10.7. The predicted molar refractivity (Wildman–Crippen MR) is 68.0 cm³/mol. The fourth-order valence-electron chi connectivity index (χ4n) is 1.91. The molecule has 4 heteroatoms. The third-order valence-corrected chi connectivity index (χ3v) is 2.80. The van der Waals surface area contributed by atoms with Gasteiger partial charge in [-0.3, -0.25) is 4.79 Å². The topological polar surface area (TPSA) is 69.1 Å². The van der Waals surface area contributed by atoms with Crippen LogP contribution in [0.1, 0.15) is 10.4 Å². The van der Waals surface area contributed by atoms with Gasteiger partial charge in [0.05, 0.1) is 0 Å². The molecule has 0 spiro atoms. The Balaban J connectivity index is 2.20. The predicted octanol–water partition coefficient (Wildman–Crippen LogP) is 2.59. The molecular formula is C14H10N2O2. The molecule has 0 saturated carbocycles. The monoisotopic (exact) mass is 238 g/mol.